The van der Waals surface area contributed by atoms with E-state index in [9.17, 15) is 9.59 Å². The van der Waals surface area contributed by atoms with Gasteiger partial charge in [0.25, 0.3) is 5.91 Å². The Morgan fingerprint density at radius 1 is 0.969 bits per heavy atom. The van der Waals surface area contributed by atoms with Crippen molar-refractivity contribution in [3.05, 3.63) is 83.9 Å². The van der Waals surface area contributed by atoms with Gasteiger partial charge in [0.05, 0.1) is 0 Å². The highest BCUT2D eigenvalue weighted by molar-refractivity contribution is 6.05. The molecule has 3 aromatic carbocycles. The van der Waals surface area contributed by atoms with Crippen LogP contribution in [0.4, 0.5) is 11.4 Å². The maximum absolute atomic E-state index is 12.7. The van der Waals surface area contributed by atoms with Gasteiger partial charge in [-0.3, -0.25) is 9.59 Å². The topological polar surface area (TPSA) is 58.6 Å². The first-order chi connectivity index (χ1) is 15.5. The van der Waals surface area contributed by atoms with E-state index in [1.165, 1.54) is 0 Å². The second-order valence-corrected chi connectivity index (χ2v) is 8.47. The van der Waals surface area contributed by atoms with E-state index in [2.05, 4.69) is 19.2 Å². The molecule has 1 heterocycles. The van der Waals surface area contributed by atoms with Crippen molar-refractivity contribution in [1.29, 1.82) is 0 Å². The van der Waals surface area contributed by atoms with E-state index >= 15 is 0 Å². The maximum Gasteiger partial charge on any atom is 0.255 e. The molecule has 4 rings (SSSR count). The number of benzene rings is 3. The molecule has 1 aliphatic rings. The molecule has 3 aromatic rings. The minimum Gasteiger partial charge on any atom is -0.457 e. The molecule has 164 valence electrons. The molecule has 1 N–H and O–H groups in total. The summed E-state index contributed by atoms with van der Waals surface area (Å²) in [6, 6.07) is 22.4. The summed E-state index contributed by atoms with van der Waals surface area (Å²) in [5, 5.41) is 2.97. The number of nitrogens with zero attached hydrogens (tertiary/aromatic N) is 1. The number of para-hydroxylation sites is 1. The Balaban J connectivity index is 1.43. The van der Waals surface area contributed by atoms with Crippen LogP contribution in [-0.2, 0) is 11.2 Å². The quantitative estimate of drug-likeness (QED) is 0.498. The lowest BCUT2D eigenvalue weighted by molar-refractivity contribution is -0.118. The predicted molar refractivity (Wildman–Crippen MR) is 127 cm³/mol. The van der Waals surface area contributed by atoms with Crippen LogP contribution in [0.1, 0.15) is 42.6 Å². The van der Waals surface area contributed by atoms with Gasteiger partial charge in [0, 0.05) is 29.9 Å². The van der Waals surface area contributed by atoms with E-state index < -0.39 is 0 Å². The Morgan fingerprint density at radius 2 is 1.69 bits per heavy atom. The van der Waals surface area contributed by atoms with E-state index in [0.717, 1.165) is 35.7 Å². The summed E-state index contributed by atoms with van der Waals surface area (Å²) in [6.07, 6.45) is 2.17. The number of ether oxygens (including phenoxy) is 1. The van der Waals surface area contributed by atoms with Crippen molar-refractivity contribution in [3.8, 4) is 11.5 Å². The fraction of sp³-hybridized carbons (Fsp3) is 0.259. The van der Waals surface area contributed by atoms with E-state index in [4.69, 9.17) is 4.74 Å². The number of amides is 2. The van der Waals surface area contributed by atoms with E-state index in [-0.39, 0.29) is 11.8 Å². The summed E-state index contributed by atoms with van der Waals surface area (Å²) < 4.78 is 5.78. The Kier molecular flexibility index (Phi) is 6.55. The number of carbonyl (C=O) groups excluding carboxylic acids is 2. The summed E-state index contributed by atoms with van der Waals surface area (Å²) in [6.45, 7) is 5.05. The first-order valence-corrected chi connectivity index (χ1v) is 11.1. The molecule has 32 heavy (non-hydrogen) atoms. The fourth-order valence-electron chi connectivity index (χ4n) is 3.77. The predicted octanol–water partition coefficient (Wildman–Crippen LogP) is 6.06. The SMILES string of the molecule is CC(C)CCN1C(=O)CCc2cc(NC(=O)c3ccc(Oc4ccccc4)cc3)ccc21. The normalized spacial score (nSPS) is 13.1. The monoisotopic (exact) mass is 428 g/mol. The van der Waals surface area contributed by atoms with Gasteiger partial charge < -0.3 is 15.0 Å². The third-order valence-electron chi connectivity index (χ3n) is 5.56. The van der Waals surface area contributed by atoms with Crippen molar-refractivity contribution in [2.24, 2.45) is 5.92 Å². The largest absolute Gasteiger partial charge is 0.457 e. The van der Waals surface area contributed by atoms with Gasteiger partial charge in [-0.25, -0.2) is 0 Å². The molecule has 0 aromatic heterocycles. The average molecular weight is 429 g/mol. The molecule has 0 fully saturated rings. The molecule has 0 saturated carbocycles. The van der Waals surface area contributed by atoms with Gasteiger partial charge in [0.15, 0.2) is 0 Å². The zero-order valence-electron chi connectivity index (χ0n) is 18.5. The summed E-state index contributed by atoms with van der Waals surface area (Å²) in [4.78, 5) is 27.0. The second kappa shape index (κ2) is 9.69. The molecule has 0 bridgehead atoms. The highest BCUT2D eigenvalue weighted by Crippen LogP contribution is 2.31. The van der Waals surface area contributed by atoms with Crippen molar-refractivity contribution in [2.45, 2.75) is 33.1 Å². The molecular formula is C27H28N2O3. The van der Waals surface area contributed by atoms with Crippen LogP contribution >= 0.6 is 0 Å². The number of hydrogen-bond donors (Lipinski definition) is 1. The molecule has 2 amide bonds. The van der Waals surface area contributed by atoms with Gasteiger partial charge >= 0.3 is 0 Å². The van der Waals surface area contributed by atoms with Crippen LogP contribution < -0.4 is 15.0 Å². The Morgan fingerprint density at radius 3 is 2.41 bits per heavy atom. The maximum atomic E-state index is 12.7. The number of aryl methyl sites for hydroxylation is 1. The first kappa shape index (κ1) is 21.6. The number of fused-ring (bicyclic) bond motifs is 1. The smallest absolute Gasteiger partial charge is 0.255 e. The van der Waals surface area contributed by atoms with E-state index in [1.54, 1.807) is 24.3 Å². The standard InChI is InChI=1S/C27H28N2O3/c1-19(2)16-17-29-25-14-11-22(18-21(25)10-15-26(29)30)28-27(31)20-8-12-24(13-9-20)32-23-6-4-3-5-7-23/h3-9,11-14,18-19H,10,15-17H2,1-2H3,(H,28,31). The number of anilines is 2. The van der Waals surface area contributed by atoms with Gasteiger partial charge in [-0.05, 0) is 78.9 Å². The lowest BCUT2D eigenvalue weighted by Crippen LogP contribution is -2.36. The highest BCUT2D eigenvalue weighted by atomic mass is 16.5. The first-order valence-electron chi connectivity index (χ1n) is 11.1. The van der Waals surface area contributed by atoms with Crippen LogP contribution in [0.3, 0.4) is 0 Å². The highest BCUT2D eigenvalue weighted by Gasteiger charge is 2.24. The Hall–Kier alpha value is -3.60. The lowest BCUT2D eigenvalue weighted by atomic mass is 9.99. The molecule has 0 spiro atoms. The zero-order valence-corrected chi connectivity index (χ0v) is 18.5. The van der Waals surface area contributed by atoms with Crippen LogP contribution in [0.2, 0.25) is 0 Å². The number of hydrogen-bond acceptors (Lipinski definition) is 3. The molecule has 0 atom stereocenters. The molecule has 0 radical (unpaired) electrons. The molecule has 1 aliphatic heterocycles. The summed E-state index contributed by atoms with van der Waals surface area (Å²) >= 11 is 0. The molecule has 0 unspecified atom stereocenters. The molecule has 5 nitrogen and oxygen atoms in total. The number of rotatable bonds is 7. The number of carbonyl (C=O) groups is 2. The molecule has 0 saturated heterocycles. The van der Waals surface area contributed by atoms with Crippen molar-refractivity contribution < 1.29 is 14.3 Å². The molecular weight excluding hydrogens is 400 g/mol. The van der Waals surface area contributed by atoms with Gasteiger partial charge in [-0.1, -0.05) is 32.0 Å². The van der Waals surface area contributed by atoms with Crippen molar-refractivity contribution >= 4 is 23.2 Å². The summed E-state index contributed by atoms with van der Waals surface area (Å²) in [7, 11) is 0. The molecule has 0 aliphatic carbocycles. The fourth-order valence-corrected chi connectivity index (χ4v) is 3.77. The average Bonchev–Trinajstić information content (AvgIpc) is 2.79. The van der Waals surface area contributed by atoms with Crippen molar-refractivity contribution in [3.63, 3.8) is 0 Å². The van der Waals surface area contributed by atoms with Crippen LogP contribution in [0.15, 0.2) is 72.8 Å². The van der Waals surface area contributed by atoms with Gasteiger partial charge in [0.2, 0.25) is 5.91 Å². The Bertz CT molecular complexity index is 1090. The molecule has 5 heteroatoms. The van der Waals surface area contributed by atoms with Crippen LogP contribution in [0.25, 0.3) is 0 Å². The zero-order chi connectivity index (χ0) is 22.5. The van der Waals surface area contributed by atoms with Gasteiger partial charge in [0.1, 0.15) is 11.5 Å². The van der Waals surface area contributed by atoms with Crippen LogP contribution in [-0.4, -0.2) is 18.4 Å². The summed E-state index contributed by atoms with van der Waals surface area (Å²) in [5.74, 6) is 1.95. The van der Waals surface area contributed by atoms with Crippen molar-refractivity contribution in [1.82, 2.24) is 0 Å². The lowest BCUT2D eigenvalue weighted by Gasteiger charge is -2.30. The van der Waals surface area contributed by atoms with Crippen molar-refractivity contribution in [2.75, 3.05) is 16.8 Å². The third kappa shape index (κ3) is 5.17. The third-order valence-corrected chi connectivity index (χ3v) is 5.56. The van der Waals surface area contributed by atoms with Crippen LogP contribution in [0.5, 0.6) is 11.5 Å². The van der Waals surface area contributed by atoms with Gasteiger partial charge in [-0.15, -0.1) is 0 Å². The van der Waals surface area contributed by atoms with Gasteiger partial charge in [-0.2, -0.15) is 0 Å². The Labute approximate surface area is 189 Å². The minimum atomic E-state index is -0.181. The second-order valence-electron chi connectivity index (χ2n) is 8.47. The van der Waals surface area contributed by atoms with E-state index in [0.29, 0.717) is 30.1 Å². The minimum absolute atomic E-state index is 0.174. The van der Waals surface area contributed by atoms with E-state index in [1.807, 2.05) is 53.4 Å². The van der Waals surface area contributed by atoms with Crippen LogP contribution in [0, 0.1) is 5.92 Å². The number of nitrogens with one attached hydrogen (secondary N) is 1. The summed E-state index contributed by atoms with van der Waals surface area (Å²) in [5.41, 5.74) is 3.34.